The van der Waals surface area contributed by atoms with Crippen LogP contribution in [0.1, 0.15) is 73.0 Å². The van der Waals surface area contributed by atoms with Crippen molar-refractivity contribution >= 4 is 28.2 Å². The number of hydrogen-bond donors (Lipinski definition) is 1. The maximum Gasteiger partial charge on any atom is 0.341 e. The molecule has 0 radical (unpaired) electrons. The van der Waals surface area contributed by atoms with Gasteiger partial charge in [-0.25, -0.2) is 4.79 Å². The zero-order chi connectivity index (χ0) is 22.8. The van der Waals surface area contributed by atoms with E-state index in [1.165, 1.54) is 16.2 Å². The van der Waals surface area contributed by atoms with Crippen molar-refractivity contribution in [2.75, 3.05) is 18.5 Å². The lowest BCUT2D eigenvalue weighted by Crippen LogP contribution is -2.23. The molecule has 0 saturated carbocycles. The van der Waals surface area contributed by atoms with Gasteiger partial charge < -0.3 is 14.8 Å². The Labute approximate surface area is 189 Å². The molecule has 0 spiro atoms. The lowest BCUT2D eigenvalue weighted by atomic mass is 9.85. The van der Waals surface area contributed by atoms with Gasteiger partial charge in [-0.15, -0.1) is 11.3 Å². The summed E-state index contributed by atoms with van der Waals surface area (Å²) in [6.45, 7) is 12.6. The molecule has 5 nitrogen and oxygen atoms in total. The van der Waals surface area contributed by atoms with Crippen LogP contribution in [0.4, 0.5) is 5.00 Å². The molecule has 1 N–H and O–H groups in total. The van der Waals surface area contributed by atoms with Crippen molar-refractivity contribution in [2.45, 2.75) is 66.2 Å². The Morgan fingerprint density at radius 1 is 1.26 bits per heavy atom. The number of benzene rings is 1. The number of amides is 1. The fourth-order valence-electron chi connectivity index (χ4n) is 3.92. The molecule has 0 saturated heterocycles. The molecule has 1 aliphatic rings. The molecule has 168 valence electrons. The topological polar surface area (TPSA) is 64.6 Å². The standard InChI is InChI=1S/C25H33NO4S/c1-7-29-24(28)22-17-10-8-16(3)13-20(17)31-23(22)26-21(27)14-30-19-11-9-15(2)12-18(19)25(4,5)6/h9,11-12,16H,7-8,10,13-14H2,1-6H3,(H,26,27)/t16-/m0/s1. The Kier molecular flexibility index (Phi) is 7.10. The van der Waals surface area contributed by atoms with E-state index in [2.05, 4.69) is 39.1 Å². The van der Waals surface area contributed by atoms with Crippen LogP contribution in [0.2, 0.25) is 0 Å². The summed E-state index contributed by atoms with van der Waals surface area (Å²) in [6.07, 6.45) is 2.80. The molecule has 2 aromatic rings. The molecule has 3 rings (SSSR count). The second kappa shape index (κ2) is 9.43. The molecular formula is C25H33NO4S. The quantitative estimate of drug-likeness (QED) is 0.584. The number of ether oxygens (including phenoxy) is 2. The third-order valence-electron chi connectivity index (χ3n) is 5.55. The Balaban J connectivity index is 1.78. The number of carbonyl (C=O) groups excluding carboxylic acids is 2. The van der Waals surface area contributed by atoms with Gasteiger partial charge in [-0.05, 0) is 61.6 Å². The van der Waals surface area contributed by atoms with E-state index >= 15 is 0 Å². The number of rotatable bonds is 6. The van der Waals surface area contributed by atoms with E-state index in [1.807, 2.05) is 19.1 Å². The smallest absolute Gasteiger partial charge is 0.341 e. The molecule has 0 bridgehead atoms. The third kappa shape index (κ3) is 5.48. The summed E-state index contributed by atoms with van der Waals surface area (Å²) in [7, 11) is 0. The summed E-state index contributed by atoms with van der Waals surface area (Å²) in [5.74, 6) is 0.639. The first-order valence-corrected chi connectivity index (χ1v) is 11.8. The fraction of sp³-hybridized carbons (Fsp3) is 0.520. The van der Waals surface area contributed by atoms with E-state index in [9.17, 15) is 9.59 Å². The van der Waals surface area contributed by atoms with Gasteiger partial charge in [0.25, 0.3) is 5.91 Å². The molecular weight excluding hydrogens is 410 g/mol. The molecule has 6 heteroatoms. The zero-order valence-electron chi connectivity index (χ0n) is 19.4. The molecule has 1 atom stereocenters. The molecule has 0 aliphatic heterocycles. The van der Waals surface area contributed by atoms with Gasteiger partial charge in [-0.2, -0.15) is 0 Å². The highest BCUT2D eigenvalue weighted by Gasteiger charge is 2.29. The van der Waals surface area contributed by atoms with Gasteiger partial charge in [0, 0.05) is 4.88 Å². The van der Waals surface area contributed by atoms with Crippen LogP contribution in [0.25, 0.3) is 0 Å². The molecule has 1 aliphatic carbocycles. The van der Waals surface area contributed by atoms with Crippen LogP contribution >= 0.6 is 11.3 Å². The SMILES string of the molecule is CCOC(=O)c1c(NC(=O)COc2ccc(C)cc2C(C)(C)C)sc2c1CC[C@H](C)C2. The first kappa shape index (κ1) is 23.3. The summed E-state index contributed by atoms with van der Waals surface area (Å²) in [5, 5.41) is 3.49. The van der Waals surface area contributed by atoms with E-state index in [4.69, 9.17) is 9.47 Å². The number of esters is 1. The van der Waals surface area contributed by atoms with E-state index < -0.39 is 0 Å². The first-order valence-electron chi connectivity index (χ1n) is 11.0. The second-order valence-corrected chi connectivity index (χ2v) is 10.5. The lowest BCUT2D eigenvalue weighted by Gasteiger charge is -2.23. The van der Waals surface area contributed by atoms with Gasteiger partial charge in [-0.3, -0.25) is 4.79 Å². The number of thiophene rings is 1. The number of carbonyl (C=O) groups is 2. The predicted octanol–water partition coefficient (Wildman–Crippen LogP) is 5.67. The predicted molar refractivity (Wildman–Crippen MR) is 125 cm³/mol. The largest absolute Gasteiger partial charge is 0.483 e. The highest BCUT2D eigenvalue weighted by Crippen LogP contribution is 2.40. The average molecular weight is 444 g/mol. The minimum atomic E-state index is -0.362. The van der Waals surface area contributed by atoms with Crippen LogP contribution in [0, 0.1) is 12.8 Å². The summed E-state index contributed by atoms with van der Waals surface area (Å²) < 4.78 is 11.2. The van der Waals surface area contributed by atoms with Gasteiger partial charge in [0.05, 0.1) is 12.2 Å². The molecule has 0 unspecified atom stereocenters. The second-order valence-electron chi connectivity index (χ2n) is 9.36. The zero-order valence-corrected chi connectivity index (χ0v) is 20.2. The van der Waals surface area contributed by atoms with Crippen molar-refractivity contribution in [2.24, 2.45) is 5.92 Å². The van der Waals surface area contributed by atoms with Gasteiger partial charge in [0.15, 0.2) is 6.61 Å². The van der Waals surface area contributed by atoms with Crippen molar-refractivity contribution in [1.29, 1.82) is 0 Å². The van der Waals surface area contributed by atoms with Crippen LogP contribution in [0.5, 0.6) is 5.75 Å². The summed E-state index contributed by atoms with van der Waals surface area (Å²) >= 11 is 1.49. The average Bonchev–Trinajstić information content (AvgIpc) is 3.03. The van der Waals surface area contributed by atoms with E-state index in [-0.39, 0.29) is 23.9 Å². The molecule has 1 heterocycles. The highest BCUT2D eigenvalue weighted by molar-refractivity contribution is 7.17. The van der Waals surface area contributed by atoms with Crippen molar-refractivity contribution in [3.05, 3.63) is 45.3 Å². The molecule has 0 fully saturated rings. The van der Waals surface area contributed by atoms with Gasteiger partial charge >= 0.3 is 5.97 Å². The van der Waals surface area contributed by atoms with Gasteiger partial charge in [0.1, 0.15) is 10.8 Å². The summed E-state index contributed by atoms with van der Waals surface area (Å²) in [5.41, 5.74) is 3.67. The monoisotopic (exact) mass is 443 g/mol. The van der Waals surface area contributed by atoms with Crippen LogP contribution < -0.4 is 10.1 Å². The Morgan fingerprint density at radius 2 is 2.00 bits per heavy atom. The summed E-state index contributed by atoms with van der Waals surface area (Å²) in [4.78, 5) is 26.5. The molecule has 1 amide bonds. The Bertz CT molecular complexity index is 971. The number of fused-ring (bicyclic) bond motifs is 1. The third-order valence-corrected chi connectivity index (χ3v) is 6.72. The highest BCUT2D eigenvalue weighted by atomic mass is 32.1. The normalized spacial score (nSPS) is 15.9. The van der Waals surface area contributed by atoms with Crippen molar-refractivity contribution in [3.8, 4) is 5.75 Å². The van der Waals surface area contributed by atoms with Crippen molar-refractivity contribution in [1.82, 2.24) is 0 Å². The van der Waals surface area contributed by atoms with Crippen LogP contribution in [-0.4, -0.2) is 25.1 Å². The maximum absolute atomic E-state index is 12.7. The minimum Gasteiger partial charge on any atom is -0.483 e. The van der Waals surface area contributed by atoms with E-state index in [0.717, 1.165) is 36.0 Å². The Hall–Kier alpha value is -2.34. The van der Waals surface area contributed by atoms with Gasteiger partial charge in [0.2, 0.25) is 0 Å². The fourth-order valence-corrected chi connectivity index (χ4v) is 5.33. The molecule has 1 aromatic heterocycles. The van der Waals surface area contributed by atoms with Crippen LogP contribution in [0.3, 0.4) is 0 Å². The van der Waals surface area contributed by atoms with Crippen molar-refractivity contribution < 1.29 is 19.1 Å². The number of aryl methyl sites for hydroxylation is 1. The van der Waals surface area contributed by atoms with E-state index in [1.54, 1.807) is 6.92 Å². The lowest BCUT2D eigenvalue weighted by molar-refractivity contribution is -0.118. The maximum atomic E-state index is 12.7. The van der Waals surface area contributed by atoms with Crippen molar-refractivity contribution in [3.63, 3.8) is 0 Å². The minimum absolute atomic E-state index is 0.0988. The molecule has 31 heavy (non-hydrogen) atoms. The van der Waals surface area contributed by atoms with E-state index in [0.29, 0.717) is 28.8 Å². The molecule has 1 aromatic carbocycles. The first-order chi connectivity index (χ1) is 14.6. The number of anilines is 1. The summed E-state index contributed by atoms with van der Waals surface area (Å²) in [6, 6.07) is 5.99. The van der Waals surface area contributed by atoms with Crippen LogP contribution in [0.15, 0.2) is 18.2 Å². The van der Waals surface area contributed by atoms with Gasteiger partial charge in [-0.1, -0.05) is 45.4 Å². The van der Waals surface area contributed by atoms with Crippen LogP contribution in [-0.2, 0) is 27.8 Å². The Morgan fingerprint density at radius 3 is 2.68 bits per heavy atom. The number of hydrogen-bond acceptors (Lipinski definition) is 5. The number of nitrogens with one attached hydrogen (secondary N) is 1.